The molecule has 0 aromatic heterocycles. The summed E-state index contributed by atoms with van der Waals surface area (Å²) in [5.41, 5.74) is 7.01. The number of benzene rings is 1. The zero-order valence-electron chi connectivity index (χ0n) is 12.5. The maximum absolute atomic E-state index is 4.17. The van der Waals surface area contributed by atoms with Gasteiger partial charge in [0.15, 0.2) is 0 Å². The van der Waals surface area contributed by atoms with Crippen molar-refractivity contribution in [2.75, 3.05) is 5.32 Å². The zero-order chi connectivity index (χ0) is 14.5. The molecule has 0 unspecified atom stereocenters. The van der Waals surface area contributed by atoms with Gasteiger partial charge in [-0.2, -0.15) is 0 Å². The summed E-state index contributed by atoms with van der Waals surface area (Å²) in [6, 6.07) is 6.53. The van der Waals surface area contributed by atoms with Gasteiger partial charge in [-0.3, -0.25) is 0 Å². The van der Waals surface area contributed by atoms with E-state index >= 15 is 0 Å². The van der Waals surface area contributed by atoms with Gasteiger partial charge >= 0.3 is 0 Å². The van der Waals surface area contributed by atoms with Crippen molar-refractivity contribution in [3.8, 4) is 0 Å². The molecule has 0 radical (unpaired) electrons. The maximum atomic E-state index is 4.17. The molecule has 1 heteroatoms. The van der Waals surface area contributed by atoms with Gasteiger partial charge in [-0.1, -0.05) is 62.4 Å². The van der Waals surface area contributed by atoms with Crippen molar-refractivity contribution < 1.29 is 0 Å². The maximum Gasteiger partial charge on any atom is 0.0422 e. The summed E-state index contributed by atoms with van der Waals surface area (Å²) in [7, 11) is 0. The Morgan fingerprint density at radius 2 is 2.10 bits per heavy atom. The van der Waals surface area contributed by atoms with Crippen LogP contribution in [0.15, 0.2) is 60.9 Å². The summed E-state index contributed by atoms with van der Waals surface area (Å²) in [5, 5.41) is 3.49. The lowest BCUT2D eigenvalue weighted by Gasteiger charge is -2.16. The van der Waals surface area contributed by atoms with Gasteiger partial charge in [0.2, 0.25) is 0 Å². The first-order valence-electron chi connectivity index (χ1n) is 7.22. The van der Waals surface area contributed by atoms with E-state index in [1.807, 2.05) is 6.92 Å². The molecule has 0 atom stereocenters. The Morgan fingerprint density at radius 3 is 2.70 bits per heavy atom. The molecule has 2 rings (SSSR count). The van der Waals surface area contributed by atoms with Gasteiger partial charge in [-0.25, -0.2) is 0 Å². The molecular weight excluding hydrogens is 242 g/mol. The number of allylic oxidation sites excluding steroid dienone is 5. The Hall–Kier alpha value is -2.02. The Bertz CT molecular complexity index is 588. The lowest BCUT2D eigenvalue weighted by Crippen LogP contribution is -2.04. The Balaban J connectivity index is 2.25. The summed E-state index contributed by atoms with van der Waals surface area (Å²) < 4.78 is 0. The van der Waals surface area contributed by atoms with Crippen LogP contribution in [0.25, 0.3) is 5.57 Å². The summed E-state index contributed by atoms with van der Waals surface area (Å²) in [5.74, 6) is 0. The van der Waals surface area contributed by atoms with E-state index in [0.717, 1.165) is 36.2 Å². The molecular formula is C19H23N. The fourth-order valence-electron chi connectivity index (χ4n) is 2.36. The van der Waals surface area contributed by atoms with E-state index in [-0.39, 0.29) is 0 Å². The third-order valence-corrected chi connectivity index (χ3v) is 3.57. The summed E-state index contributed by atoms with van der Waals surface area (Å²) in [6.45, 7) is 12.4. The van der Waals surface area contributed by atoms with Crippen LogP contribution in [-0.2, 0) is 6.42 Å². The van der Waals surface area contributed by atoms with Crippen molar-refractivity contribution >= 4 is 11.3 Å². The van der Waals surface area contributed by atoms with Crippen LogP contribution in [0.1, 0.15) is 37.8 Å². The number of nitrogens with one attached hydrogen (secondary N) is 1. The smallest absolute Gasteiger partial charge is 0.0422 e. The van der Waals surface area contributed by atoms with Gasteiger partial charge in [0, 0.05) is 11.4 Å². The second kappa shape index (κ2) is 6.42. The van der Waals surface area contributed by atoms with Crippen LogP contribution < -0.4 is 5.32 Å². The minimum atomic E-state index is 0.967. The number of hydrogen-bond acceptors (Lipinski definition) is 1. The molecule has 1 N–H and O–H groups in total. The molecule has 1 aliphatic carbocycles. The molecule has 1 nitrogen and oxygen atoms in total. The zero-order valence-corrected chi connectivity index (χ0v) is 12.5. The monoisotopic (exact) mass is 265 g/mol. The predicted molar refractivity (Wildman–Crippen MR) is 89.7 cm³/mol. The van der Waals surface area contributed by atoms with E-state index in [1.165, 1.54) is 16.7 Å². The predicted octanol–water partition coefficient (Wildman–Crippen LogP) is 5.48. The molecule has 0 fully saturated rings. The van der Waals surface area contributed by atoms with Crippen LogP contribution in [0, 0.1) is 0 Å². The van der Waals surface area contributed by atoms with Crippen molar-refractivity contribution in [1.82, 2.24) is 0 Å². The fourth-order valence-corrected chi connectivity index (χ4v) is 2.36. The minimum absolute atomic E-state index is 0.967. The van der Waals surface area contributed by atoms with Crippen LogP contribution in [0.3, 0.4) is 0 Å². The highest BCUT2D eigenvalue weighted by molar-refractivity contribution is 5.69. The van der Waals surface area contributed by atoms with E-state index in [9.17, 15) is 0 Å². The van der Waals surface area contributed by atoms with Crippen LogP contribution in [0.5, 0.6) is 0 Å². The summed E-state index contributed by atoms with van der Waals surface area (Å²) >= 11 is 0. The van der Waals surface area contributed by atoms with Crippen molar-refractivity contribution in [1.29, 1.82) is 0 Å². The van der Waals surface area contributed by atoms with E-state index in [0.29, 0.717) is 0 Å². The quantitative estimate of drug-likeness (QED) is 0.717. The molecule has 20 heavy (non-hydrogen) atoms. The van der Waals surface area contributed by atoms with Gasteiger partial charge in [-0.05, 0) is 42.5 Å². The van der Waals surface area contributed by atoms with Crippen molar-refractivity contribution in [3.63, 3.8) is 0 Å². The fraction of sp³-hybridized carbons (Fsp3) is 0.263. The first kappa shape index (κ1) is 14.4. The highest BCUT2D eigenvalue weighted by atomic mass is 14.9. The average molecular weight is 265 g/mol. The van der Waals surface area contributed by atoms with Crippen LogP contribution in [0.4, 0.5) is 5.69 Å². The second-order valence-corrected chi connectivity index (χ2v) is 5.33. The van der Waals surface area contributed by atoms with Crippen LogP contribution in [-0.4, -0.2) is 0 Å². The molecule has 0 heterocycles. The third kappa shape index (κ3) is 3.30. The topological polar surface area (TPSA) is 12.0 Å². The first-order valence-corrected chi connectivity index (χ1v) is 7.22. The lowest BCUT2D eigenvalue weighted by atomic mass is 10.0. The van der Waals surface area contributed by atoms with E-state index < -0.39 is 0 Å². The minimum Gasteiger partial charge on any atom is -0.356 e. The van der Waals surface area contributed by atoms with E-state index in [1.54, 1.807) is 0 Å². The van der Waals surface area contributed by atoms with Gasteiger partial charge in [0.25, 0.3) is 0 Å². The molecule has 1 aliphatic rings. The molecule has 0 saturated heterocycles. The molecule has 0 spiro atoms. The molecule has 0 aliphatic heterocycles. The standard InChI is InChI=1S/C19H23N/c1-5-8-17-11-12-18(14(2)3)13-19(17)20-15(4)16-9-6-7-10-16/h6-7,9,11-13,20H,2,4-5,8,10H2,1,3H3. The van der Waals surface area contributed by atoms with Crippen LogP contribution >= 0.6 is 0 Å². The van der Waals surface area contributed by atoms with E-state index in [4.69, 9.17) is 0 Å². The van der Waals surface area contributed by atoms with Crippen LogP contribution in [0.2, 0.25) is 0 Å². The Labute approximate surface area is 122 Å². The number of aryl methyl sites for hydroxylation is 1. The largest absolute Gasteiger partial charge is 0.356 e. The van der Waals surface area contributed by atoms with Gasteiger partial charge < -0.3 is 5.32 Å². The van der Waals surface area contributed by atoms with Crippen molar-refractivity contribution in [3.05, 3.63) is 72.0 Å². The van der Waals surface area contributed by atoms with E-state index in [2.05, 4.69) is 61.8 Å². The molecule has 0 bridgehead atoms. The first-order chi connectivity index (χ1) is 9.61. The summed E-state index contributed by atoms with van der Waals surface area (Å²) in [4.78, 5) is 0. The Morgan fingerprint density at radius 1 is 1.30 bits per heavy atom. The highest BCUT2D eigenvalue weighted by Gasteiger charge is 2.08. The molecule has 1 aromatic rings. The third-order valence-electron chi connectivity index (χ3n) is 3.57. The molecule has 104 valence electrons. The number of hydrogen-bond donors (Lipinski definition) is 1. The molecule has 1 aromatic carbocycles. The normalized spacial score (nSPS) is 13.2. The lowest BCUT2D eigenvalue weighted by molar-refractivity contribution is 0.922. The van der Waals surface area contributed by atoms with Gasteiger partial charge in [0.1, 0.15) is 0 Å². The summed E-state index contributed by atoms with van der Waals surface area (Å²) in [6.07, 6.45) is 9.53. The Kier molecular flexibility index (Phi) is 4.62. The highest BCUT2D eigenvalue weighted by Crippen LogP contribution is 2.27. The molecule has 0 amide bonds. The van der Waals surface area contributed by atoms with Gasteiger partial charge in [-0.15, -0.1) is 0 Å². The van der Waals surface area contributed by atoms with Crippen molar-refractivity contribution in [2.24, 2.45) is 0 Å². The molecule has 0 saturated carbocycles. The average Bonchev–Trinajstić information content (AvgIpc) is 2.94. The SMILES string of the molecule is C=C(Nc1cc(C(=C)C)ccc1CCC)C1=CC=CC1. The second-order valence-electron chi connectivity index (χ2n) is 5.33. The van der Waals surface area contributed by atoms with Gasteiger partial charge in [0.05, 0.1) is 0 Å². The number of anilines is 1. The number of rotatable bonds is 6. The van der Waals surface area contributed by atoms with Crippen molar-refractivity contribution in [2.45, 2.75) is 33.1 Å².